The van der Waals surface area contributed by atoms with E-state index in [1.807, 2.05) is 11.0 Å². The molecule has 4 rings (SSSR count). The minimum atomic E-state index is 0.239. The number of ether oxygens (including phenoxy) is 2. The van der Waals surface area contributed by atoms with Gasteiger partial charge in [0.2, 0.25) is 12.7 Å². The summed E-state index contributed by atoms with van der Waals surface area (Å²) >= 11 is 0. The molecule has 3 heterocycles. The highest BCUT2D eigenvalue weighted by Gasteiger charge is 2.26. The number of hydrogen-bond acceptors (Lipinski definition) is 4. The van der Waals surface area contributed by atoms with Gasteiger partial charge in [-0.15, -0.1) is 0 Å². The van der Waals surface area contributed by atoms with Crippen LogP contribution in [0.3, 0.4) is 0 Å². The largest absolute Gasteiger partial charge is 0.454 e. The van der Waals surface area contributed by atoms with E-state index in [1.165, 1.54) is 18.4 Å². The minimum absolute atomic E-state index is 0.239. The average Bonchev–Trinajstić information content (AvgIpc) is 2.93. The predicted octanol–water partition coefficient (Wildman–Crippen LogP) is 1.34. The molecule has 0 spiro atoms. The topological polar surface area (TPSA) is 50.8 Å². The molecule has 1 amide bonds. The van der Waals surface area contributed by atoms with Gasteiger partial charge in [0.1, 0.15) is 0 Å². The summed E-state index contributed by atoms with van der Waals surface area (Å²) in [7, 11) is 0. The predicted molar refractivity (Wildman–Crippen MR) is 82.1 cm³/mol. The van der Waals surface area contributed by atoms with Gasteiger partial charge in [0.05, 0.1) is 6.42 Å². The van der Waals surface area contributed by atoms with Crippen molar-refractivity contribution in [2.75, 3.05) is 33.0 Å². The molecule has 1 aromatic rings. The molecule has 1 unspecified atom stereocenters. The lowest BCUT2D eigenvalue weighted by Crippen LogP contribution is -2.41. The first-order valence-corrected chi connectivity index (χ1v) is 8.19. The molecule has 5 heteroatoms. The number of nitrogens with one attached hydrogen (secondary N) is 1. The van der Waals surface area contributed by atoms with Gasteiger partial charge in [-0.25, -0.2) is 0 Å². The van der Waals surface area contributed by atoms with Gasteiger partial charge in [-0.3, -0.25) is 4.79 Å². The van der Waals surface area contributed by atoms with Crippen LogP contribution in [-0.2, 0) is 17.6 Å². The Morgan fingerprint density at radius 2 is 2.05 bits per heavy atom. The fraction of sp³-hybridized carbons (Fsp3) is 0.588. The standard InChI is InChI=1S/C17H22N2O3/c20-17-8-14-7-16-15(21-11-22-16)6-13(14)3-5-19(17)10-12-2-1-4-18-9-12/h6-7,12,18H,1-5,8-11H2. The van der Waals surface area contributed by atoms with Gasteiger partial charge in [0, 0.05) is 13.1 Å². The van der Waals surface area contributed by atoms with Crippen LogP contribution in [0.5, 0.6) is 11.5 Å². The van der Waals surface area contributed by atoms with Crippen LogP contribution in [0, 0.1) is 5.92 Å². The number of fused-ring (bicyclic) bond motifs is 2. The third kappa shape index (κ3) is 2.65. The highest BCUT2D eigenvalue weighted by molar-refractivity contribution is 5.80. The van der Waals surface area contributed by atoms with E-state index in [1.54, 1.807) is 0 Å². The molecule has 3 aliphatic heterocycles. The number of rotatable bonds is 2. The Kier molecular flexibility index (Phi) is 3.66. The van der Waals surface area contributed by atoms with Crippen molar-refractivity contribution in [1.82, 2.24) is 10.2 Å². The summed E-state index contributed by atoms with van der Waals surface area (Å²) in [6.07, 6.45) is 3.82. The summed E-state index contributed by atoms with van der Waals surface area (Å²) in [6, 6.07) is 4.04. The van der Waals surface area contributed by atoms with E-state index in [0.29, 0.717) is 12.3 Å². The van der Waals surface area contributed by atoms with E-state index >= 15 is 0 Å². The molecule has 118 valence electrons. The van der Waals surface area contributed by atoms with E-state index < -0.39 is 0 Å². The molecule has 3 aliphatic rings. The second kappa shape index (κ2) is 5.80. The van der Waals surface area contributed by atoms with Crippen molar-refractivity contribution < 1.29 is 14.3 Å². The lowest BCUT2D eigenvalue weighted by Gasteiger charge is -2.29. The lowest BCUT2D eigenvalue weighted by molar-refractivity contribution is -0.130. The van der Waals surface area contributed by atoms with Crippen LogP contribution in [0.15, 0.2) is 12.1 Å². The third-order valence-corrected chi connectivity index (χ3v) is 4.92. The second-order valence-electron chi connectivity index (χ2n) is 6.45. The number of benzene rings is 1. The van der Waals surface area contributed by atoms with Crippen molar-refractivity contribution in [1.29, 1.82) is 0 Å². The summed E-state index contributed by atoms with van der Waals surface area (Å²) in [4.78, 5) is 14.6. The lowest BCUT2D eigenvalue weighted by atomic mass is 9.99. The molecular weight excluding hydrogens is 280 g/mol. The zero-order chi connectivity index (χ0) is 14.9. The van der Waals surface area contributed by atoms with Crippen LogP contribution in [0.25, 0.3) is 0 Å². The number of piperidine rings is 1. The Morgan fingerprint density at radius 1 is 1.23 bits per heavy atom. The molecule has 0 aromatic heterocycles. The summed E-state index contributed by atoms with van der Waals surface area (Å²) in [5, 5.41) is 3.43. The summed E-state index contributed by atoms with van der Waals surface area (Å²) < 4.78 is 10.9. The van der Waals surface area contributed by atoms with Gasteiger partial charge < -0.3 is 19.7 Å². The Bertz CT molecular complexity index is 582. The molecule has 1 N–H and O–H groups in total. The first kappa shape index (κ1) is 13.9. The van der Waals surface area contributed by atoms with E-state index in [0.717, 1.165) is 49.7 Å². The minimum Gasteiger partial charge on any atom is -0.454 e. The monoisotopic (exact) mass is 302 g/mol. The Hall–Kier alpha value is -1.75. The zero-order valence-corrected chi connectivity index (χ0v) is 12.8. The first-order chi connectivity index (χ1) is 10.8. The van der Waals surface area contributed by atoms with Crippen LogP contribution in [0.1, 0.15) is 24.0 Å². The van der Waals surface area contributed by atoms with E-state index in [9.17, 15) is 4.79 Å². The molecule has 1 fully saturated rings. The molecule has 0 saturated carbocycles. The molecule has 0 aliphatic carbocycles. The van der Waals surface area contributed by atoms with Gasteiger partial charge in [-0.1, -0.05) is 0 Å². The summed E-state index contributed by atoms with van der Waals surface area (Å²) in [5.41, 5.74) is 2.32. The zero-order valence-electron chi connectivity index (χ0n) is 12.8. The number of amides is 1. The Labute approximate surface area is 130 Å². The number of carbonyl (C=O) groups is 1. The van der Waals surface area contributed by atoms with Crippen molar-refractivity contribution >= 4 is 5.91 Å². The smallest absolute Gasteiger partial charge is 0.231 e. The van der Waals surface area contributed by atoms with Crippen molar-refractivity contribution in [2.24, 2.45) is 5.92 Å². The van der Waals surface area contributed by atoms with Crippen molar-refractivity contribution in [3.05, 3.63) is 23.3 Å². The highest BCUT2D eigenvalue weighted by Crippen LogP contribution is 2.36. The molecular formula is C17H22N2O3. The maximum atomic E-state index is 12.6. The number of hydrogen-bond donors (Lipinski definition) is 1. The SMILES string of the molecule is O=C1Cc2cc3c(cc2CCN1CC1CCCNC1)OCO3. The molecule has 0 bridgehead atoms. The Morgan fingerprint density at radius 3 is 2.82 bits per heavy atom. The summed E-state index contributed by atoms with van der Waals surface area (Å²) in [5.74, 6) is 2.42. The fourth-order valence-electron chi connectivity index (χ4n) is 3.66. The van der Waals surface area contributed by atoms with Crippen LogP contribution in [0.4, 0.5) is 0 Å². The van der Waals surface area contributed by atoms with Gasteiger partial charge in [0.15, 0.2) is 11.5 Å². The normalized spacial score (nSPS) is 24.1. The fourth-order valence-corrected chi connectivity index (χ4v) is 3.66. The number of carbonyl (C=O) groups excluding carboxylic acids is 1. The third-order valence-electron chi connectivity index (χ3n) is 4.92. The molecule has 0 radical (unpaired) electrons. The Balaban J connectivity index is 1.49. The average molecular weight is 302 g/mol. The molecule has 1 saturated heterocycles. The van der Waals surface area contributed by atoms with Crippen molar-refractivity contribution in [2.45, 2.75) is 25.7 Å². The molecule has 22 heavy (non-hydrogen) atoms. The first-order valence-electron chi connectivity index (χ1n) is 8.19. The number of nitrogens with zero attached hydrogens (tertiary/aromatic N) is 1. The molecule has 1 aromatic carbocycles. The van der Waals surface area contributed by atoms with Crippen LogP contribution >= 0.6 is 0 Å². The molecule has 1 atom stereocenters. The maximum Gasteiger partial charge on any atom is 0.231 e. The van der Waals surface area contributed by atoms with Gasteiger partial charge in [-0.2, -0.15) is 0 Å². The van der Waals surface area contributed by atoms with E-state index in [2.05, 4.69) is 11.4 Å². The van der Waals surface area contributed by atoms with Crippen LogP contribution in [-0.4, -0.2) is 43.8 Å². The maximum absolute atomic E-state index is 12.6. The summed E-state index contributed by atoms with van der Waals surface area (Å²) in [6.45, 7) is 4.12. The van der Waals surface area contributed by atoms with Gasteiger partial charge in [0.25, 0.3) is 0 Å². The van der Waals surface area contributed by atoms with E-state index in [-0.39, 0.29) is 12.7 Å². The highest BCUT2D eigenvalue weighted by atomic mass is 16.7. The van der Waals surface area contributed by atoms with Gasteiger partial charge in [-0.05, 0) is 61.5 Å². The molecule has 5 nitrogen and oxygen atoms in total. The second-order valence-corrected chi connectivity index (χ2v) is 6.45. The van der Waals surface area contributed by atoms with Crippen LogP contribution in [0.2, 0.25) is 0 Å². The van der Waals surface area contributed by atoms with Crippen molar-refractivity contribution in [3.8, 4) is 11.5 Å². The quantitative estimate of drug-likeness (QED) is 0.896. The van der Waals surface area contributed by atoms with Gasteiger partial charge >= 0.3 is 0 Å². The van der Waals surface area contributed by atoms with Crippen LogP contribution < -0.4 is 14.8 Å². The van der Waals surface area contributed by atoms with E-state index in [4.69, 9.17) is 9.47 Å². The van der Waals surface area contributed by atoms with Crippen molar-refractivity contribution in [3.63, 3.8) is 0 Å².